The van der Waals surface area contributed by atoms with E-state index in [9.17, 15) is 18.0 Å². The molecule has 20 heavy (non-hydrogen) atoms. The summed E-state index contributed by atoms with van der Waals surface area (Å²) in [6.07, 6.45) is 0. The highest BCUT2D eigenvalue weighted by molar-refractivity contribution is 7.98. The van der Waals surface area contributed by atoms with E-state index in [4.69, 9.17) is 5.11 Å². The summed E-state index contributed by atoms with van der Waals surface area (Å²) in [7, 11) is 0. The Balaban J connectivity index is 2.19. The molecule has 0 aromatic heterocycles. The maximum absolute atomic E-state index is 13.4. The fraction of sp³-hybridized carbons (Fsp3) is 0.0714. The van der Waals surface area contributed by atoms with Crippen LogP contribution in [0.1, 0.15) is 15.9 Å². The first-order chi connectivity index (χ1) is 9.49. The van der Waals surface area contributed by atoms with E-state index in [1.54, 1.807) is 0 Å². The highest BCUT2D eigenvalue weighted by Crippen LogP contribution is 2.27. The van der Waals surface area contributed by atoms with Gasteiger partial charge in [0, 0.05) is 16.2 Å². The maximum Gasteiger partial charge on any atom is 0.338 e. The fourth-order valence-electron chi connectivity index (χ4n) is 1.58. The van der Waals surface area contributed by atoms with E-state index >= 15 is 0 Å². The van der Waals surface area contributed by atoms with Crippen molar-refractivity contribution in [2.45, 2.75) is 10.6 Å². The van der Waals surface area contributed by atoms with Crippen molar-refractivity contribution in [1.82, 2.24) is 0 Å². The van der Waals surface area contributed by atoms with E-state index < -0.39 is 29.0 Å². The van der Waals surface area contributed by atoms with Crippen LogP contribution < -0.4 is 0 Å². The molecule has 2 rings (SSSR count). The van der Waals surface area contributed by atoms with Gasteiger partial charge in [-0.25, -0.2) is 18.0 Å². The lowest BCUT2D eigenvalue weighted by molar-refractivity contribution is 0.0691. The van der Waals surface area contributed by atoms with E-state index in [2.05, 4.69) is 0 Å². The van der Waals surface area contributed by atoms with E-state index in [-0.39, 0.29) is 11.3 Å². The zero-order valence-corrected chi connectivity index (χ0v) is 10.9. The predicted octanol–water partition coefficient (Wildman–Crippen LogP) is 4.09. The fourth-order valence-corrected chi connectivity index (χ4v) is 2.54. The summed E-state index contributed by atoms with van der Waals surface area (Å²) in [5.74, 6) is -3.58. The van der Waals surface area contributed by atoms with Crippen LogP contribution in [0.3, 0.4) is 0 Å². The molecule has 0 heterocycles. The highest BCUT2D eigenvalue weighted by atomic mass is 32.2. The van der Waals surface area contributed by atoms with Gasteiger partial charge in [-0.05, 0) is 30.3 Å². The van der Waals surface area contributed by atoms with Gasteiger partial charge in [0.05, 0.1) is 5.56 Å². The Hall–Kier alpha value is -1.95. The number of carbonyl (C=O) groups is 1. The standard InChI is InChI=1S/C14H9F3O2S/c15-11-2-1-3-12(16)10(11)7-20-8-4-5-13(17)9(6-8)14(18)19/h1-6H,7H2,(H,18,19). The third-order valence-corrected chi connectivity index (χ3v) is 3.63. The number of hydrogen-bond acceptors (Lipinski definition) is 2. The van der Waals surface area contributed by atoms with E-state index in [0.29, 0.717) is 4.90 Å². The second-order valence-electron chi connectivity index (χ2n) is 3.94. The van der Waals surface area contributed by atoms with Gasteiger partial charge in [0.15, 0.2) is 0 Å². The molecule has 0 saturated carbocycles. The molecule has 0 spiro atoms. The summed E-state index contributed by atoms with van der Waals surface area (Å²) < 4.78 is 40.0. The minimum Gasteiger partial charge on any atom is -0.478 e. The molecule has 0 bridgehead atoms. The van der Waals surface area contributed by atoms with Crippen molar-refractivity contribution >= 4 is 17.7 Å². The topological polar surface area (TPSA) is 37.3 Å². The van der Waals surface area contributed by atoms with Crippen molar-refractivity contribution < 1.29 is 23.1 Å². The summed E-state index contributed by atoms with van der Waals surface area (Å²) in [5.41, 5.74) is -0.567. The molecular weight excluding hydrogens is 289 g/mol. The van der Waals surface area contributed by atoms with Gasteiger partial charge in [0.1, 0.15) is 17.5 Å². The summed E-state index contributed by atoms with van der Waals surface area (Å²) in [6.45, 7) is 0. The van der Waals surface area contributed by atoms with Crippen LogP contribution in [0.15, 0.2) is 41.3 Å². The number of thioether (sulfide) groups is 1. The molecule has 0 aliphatic rings. The molecule has 0 atom stereocenters. The number of halogens is 3. The highest BCUT2D eigenvalue weighted by Gasteiger charge is 2.13. The Labute approximate surface area is 117 Å². The molecule has 0 unspecified atom stereocenters. The normalized spacial score (nSPS) is 10.6. The van der Waals surface area contributed by atoms with Crippen LogP contribution in [0.4, 0.5) is 13.2 Å². The van der Waals surface area contributed by atoms with E-state index in [1.807, 2.05) is 0 Å². The molecule has 0 saturated heterocycles. The van der Waals surface area contributed by atoms with E-state index in [0.717, 1.165) is 36.0 Å². The smallest absolute Gasteiger partial charge is 0.338 e. The molecule has 0 fully saturated rings. The molecule has 0 aliphatic heterocycles. The van der Waals surface area contributed by atoms with Crippen LogP contribution in [-0.4, -0.2) is 11.1 Å². The van der Waals surface area contributed by atoms with Crippen molar-refractivity contribution in [2.75, 3.05) is 0 Å². The Kier molecular flexibility index (Phi) is 4.34. The minimum absolute atomic E-state index is 0.0107. The summed E-state index contributed by atoms with van der Waals surface area (Å²) in [6, 6.07) is 7.08. The first kappa shape index (κ1) is 14.5. The monoisotopic (exact) mass is 298 g/mol. The molecule has 2 aromatic carbocycles. The third kappa shape index (κ3) is 3.14. The van der Waals surface area contributed by atoms with Gasteiger partial charge < -0.3 is 5.11 Å². The summed E-state index contributed by atoms with van der Waals surface area (Å²) in [5, 5.41) is 8.79. The SMILES string of the molecule is O=C(O)c1cc(SCc2c(F)cccc2F)ccc1F. The lowest BCUT2D eigenvalue weighted by Gasteiger charge is -2.06. The molecule has 104 valence electrons. The zero-order chi connectivity index (χ0) is 14.7. The quantitative estimate of drug-likeness (QED) is 0.864. The zero-order valence-electron chi connectivity index (χ0n) is 10.1. The van der Waals surface area contributed by atoms with Crippen LogP contribution in [0.5, 0.6) is 0 Å². The average molecular weight is 298 g/mol. The number of aromatic carboxylic acids is 1. The van der Waals surface area contributed by atoms with Crippen LogP contribution in [0.25, 0.3) is 0 Å². The molecule has 0 aliphatic carbocycles. The number of benzene rings is 2. The lowest BCUT2D eigenvalue weighted by atomic mass is 10.2. The van der Waals surface area contributed by atoms with Crippen molar-refractivity contribution in [2.24, 2.45) is 0 Å². The van der Waals surface area contributed by atoms with Gasteiger partial charge in [0.2, 0.25) is 0 Å². The summed E-state index contributed by atoms with van der Waals surface area (Å²) in [4.78, 5) is 11.2. The second-order valence-corrected chi connectivity index (χ2v) is 4.98. The molecule has 2 aromatic rings. The minimum atomic E-state index is -1.39. The summed E-state index contributed by atoms with van der Waals surface area (Å²) >= 11 is 1.03. The predicted molar refractivity (Wildman–Crippen MR) is 69.3 cm³/mol. The van der Waals surface area contributed by atoms with Gasteiger partial charge in [-0.15, -0.1) is 11.8 Å². The maximum atomic E-state index is 13.4. The van der Waals surface area contributed by atoms with Crippen LogP contribution in [-0.2, 0) is 5.75 Å². The Morgan fingerprint density at radius 1 is 1.05 bits per heavy atom. The van der Waals surface area contributed by atoms with Gasteiger partial charge in [0.25, 0.3) is 0 Å². The average Bonchev–Trinajstić information content (AvgIpc) is 2.39. The van der Waals surface area contributed by atoms with Gasteiger partial charge >= 0.3 is 5.97 Å². The van der Waals surface area contributed by atoms with E-state index in [1.165, 1.54) is 12.1 Å². The second kappa shape index (κ2) is 6.00. The number of rotatable bonds is 4. The van der Waals surface area contributed by atoms with Crippen LogP contribution in [0, 0.1) is 17.5 Å². The molecule has 0 radical (unpaired) electrons. The first-order valence-electron chi connectivity index (χ1n) is 5.57. The van der Waals surface area contributed by atoms with Gasteiger partial charge in [-0.2, -0.15) is 0 Å². The van der Waals surface area contributed by atoms with Crippen molar-refractivity contribution in [1.29, 1.82) is 0 Å². The molecule has 2 nitrogen and oxygen atoms in total. The number of hydrogen-bond donors (Lipinski definition) is 1. The number of carboxylic acids is 1. The van der Waals surface area contributed by atoms with Crippen LogP contribution in [0.2, 0.25) is 0 Å². The molecular formula is C14H9F3O2S. The number of carboxylic acid groups (broad SMARTS) is 1. The Morgan fingerprint density at radius 3 is 2.30 bits per heavy atom. The first-order valence-corrected chi connectivity index (χ1v) is 6.56. The molecule has 0 amide bonds. The van der Waals surface area contributed by atoms with Crippen molar-refractivity contribution in [3.63, 3.8) is 0 Å². The Bertz CT molecular complexity index is 639. The molecule has 1 N–H and O–H groups in total. The van der Waals surface area contributed by atoms with Crippen LogP contribution >= 0.6 is 11.8 Å². The van der Waals surface area contributed by atoms with Gasteiger partial charge in [-0.3, -0.25) is 0 Å². The lowest BCUT2D eigenvalue weighted by Crippen LogP contribution is -2.00. The van der Waals surface area contributed by atoms with Crippen molar-refractivity contribution in [3.8, 4) is 0 Å². The molecule has 6 heteroatoms. The third-order valence-electron chi connectivity index (χ3n) is 2.61. The van der Waals surface area contributed by atoms with Gasteiger partial charge in [-0.1, -0.05) is 6.07 Å². The van der Waals surface area contributed by atoms with Crippen molar-refractivity contribution in [3.05, 3.63) is 65.0 Å². The largest absolute Gasteiger partial charge is 0.478 e. The Morgan fingerprint density at radius 2 is 1.70 bits per heavy atom.